The van der Waals surface area contributed by atoms with E-state index in [-0.39, 0.29) is 11.9 Å². The molecule has 0 aliphatic carbocycles. The molecule has 1 atom stereocenters. The highest BCUT2D eigenvalue weighted by Gasteiger charge is 2.33. The first kappa shape index (κ1) is 20.0. The molecule has 0 N–H and O–H groups in total. The van der Waals surface area contributed by atoms with Crippen molar-refractivity contribution in [3.05, 3.63) is 29.9 Å². The molecule has 4 rings (SSSR count). The summed E-state index contributed by atoms with van der Waals surface area (Å²) in [5.74, 6) is 1.63. The lowest BCUT2D eigenvalue weighted by molar-refractivity contribution is 0.0211. The molecule has 158 valence electrons. The van der Waals surface area contributed by atoms with Gasteiger partial charge in [-0.2, -0.15) is 4.98 Å². The molecule has 0 bridgehead atoms. The zero-order chi connectivity index (χ0) is 20.1. The zero-order valence-electron chi connectivity index (χ0n) is 17.0. The van der Waals surface area contributed by atoms with E-state index in [1.54, 1.807) is 17.1 Å². The van der Waals surface area contributed by atoms with Crippen molar-refractivity contribution >= 4 is 5.91 Å². The Kier molecular flexibility index (Phi) is 6.56. The molecule has 2 fully saturated rings. The number of nitrogens with zero attached hydrogens (tertiary/aromatic N) is 5. The van der Waals surface area contributed by atoms with Crippen LogP contribution in [0.25, 0.3) is 0 Å². The Balaban J connectivity index is 1.32. The summed E-state index contributed by atoms with van der Waals surface area (Å²) in [4.78, 5) is 23.5. The minimum absolute atomic E-state index is 0.0881. The number of amides is 1. The van der Waals surface area contributed by atoms with Gasteiger partial charge in [0.15, 0.2) is 5.82 Å². The van der Waals surface area contributed by atoms with Crippen LogP contribution in [0.1, 0.15) is 60.3 Å². The molecule has 9 heteroatoms. The number of ether oxygens (including phenoxy) is 2. The molecule has 1 amide bonds. The number of aryl methyl sites for hydroxylation is 1. The van der Waals surface area contributed by atoms with Crippen LogP contribution in [-0.4, -0.2) is 63.5 Å². The summed E-state index contributed by atoms with van der Waals surface area (Å²) < 4.78 is 18.5. The highest BCUT2D eigenvalue weighted by Crippen LogP contribution is 2.31. The number of piperidine rings is 1. The van der Waals surface area contributed by atoms with Crippen molar-refractivity contribution in [3.8, 4) is 0 Å². The zero-order valence-corrected chi connectivity index (χ0v) is 17.0. The van der Waals surface area contributed by atoms with Gasteiger partial charge in [0, 0.05) is 46.0 Å². The van der Waals surface area contributed by atoms with Crippen LogP contribution in [0.5, 0.6) is 0 Å². The molecule has 4 heterocycles. The third kappa shape index (κ3) is 5.02. The molecular formula is C20H29N5O4. The van der Waals surface area contributed by atoms with E-state index < -0.39 is 0 Å². The molecule has 0 aromatic carbocycles. The lowest BCUT2D eigenvalue weighted by Gasteiger charge is -2.32. The molecule has 2 aliphatic heterocycles. The summed E-state index contributed by atoms with van der Waals surface area (Å²) in [6.45, 7) is 3.65. The quantitative estimate of drug-likeness (QED) is 0.654. The first-order chi connectivity index (χ1) is 14.2. The van der Waals surface area contributed by atoms with Gasteiger partial charge in [0.2, 0.25) is 5.89 Å². The van der Waals surface area contributed by atoms with Gasteiger partial charge in [0.25, 0.3) is 5.91 Å². The van der Waals surface area contributed by atoms with E-state index in [4.69, 9.17) is 14.0 Å². The third-order valence-electron chi connectivity index (χ3n) is 5.62. The Morgan fingerprint density at radius 1 is 1.28 bits per heavy atom. The second-order valence-electron chi connectivity index (χ2n) is 7.86. The van der Waals surface area contributed by atoms with Crippen LogP contribution in [0.2, 0.25) is 0 Å². The van der Waals surface area contributed by atoms with E-state index in [2.05, 4.69) is 15.1 Å². The predicted octanol–water partition coefficient (Wildman–Crippen LogP) is 2.16. The van der Waals surface area contributed by atoms with Gasteiger partial charge >= 0.3 is 0 Å². The lowest BCUT2D eigenvalue weighted by Crippen LogP contribution is -2.38. The lowest BCUT2D eigenvalue weighted by atomic mass is 10.0. The van der Waals surface area contributed by atoms with E-state index in [9.17, 15) is 4.79 Å². The minimum Gasteiger partial charge on any atom is -0.381 e. The number of likely N-dealkylation sites (tertiary alicyclic amines) is 1. The number of aromatic nitrogens is 4. The number of hydrogen-bond donors (Lipinski definition) is 0. The van der Waals surface area contributed by atoms with Gasteiger partial charge in [-0.15, -0.1) is 0 Å². The molecule has 2 aromatic heterocycles. The number of rotatable bonds is 7. The van der Waals surface area contributed by atoms with Gasteiger partial charge in [-0.25, -0.2) is 4.98 Å². The summed E-state index contributed by atoms with van der Waals surface area (Å²) in [5.41, 5.74) is 0.445. The van der Waals surface area contributed by atoms with E-state index in [1.165, 1.54) is 0 Å². The summed E-state index contributed by atoms with van der Waals surface area (Å²) in [6, 6.07) is -0.192. The van der Waals surface area contributed by atoms with E-state index in [1.807, 2.05) is 11.9 Å². The summed E-state index contributed by atoms with van der Waals surface area (Å²) in [5, 5.41) is 4.10. The van der Waals surface area contributed by atoms with Crippen molar-refractivity contribution < 1.29 is 18.8 Å². The van der Waals surface area contributed by atoms with Gasteiger partial charge in [0.05, 0.1) is 12.9 Å². The molecule has 0 spiro atoms. The average molecular weight is 403 g/mol. The van der Waals surface area contributed by atoms with Gasteiger partial charge in [0.1, 0.15) is 11.7 Å². The first-order valence-corrected chi connectivity index (χ1v) is 10.5. The van der Waals surface area contributed by atoms with Crippen LogP contribution >= 0.6 is 0 Å². The van der Waals surface area contributed by atoms with E-state index in [0.29, 0.717) is 42.9 Å². The third-order valence-corrected chi connectivity index (χ3v) is 5.62. The van der Waals surface area contributed by atoms with Crippen molar-refractivity contribution in [1.29, 1.82) is 0 Å². The summed E-state index contributed by atoms with van der Waals surface area (Å²) in [6.07, 6.45) is 8.93. The average Bonchev–Trinajstić information content (AvgIpc) is 3.41. The molecule has 29 heavy (non-hydrogen) atoms. The smallest absolute Gasteiger partial charge is 0.274 e. The second kappa shape index (κ2) is 9.49. The molecular weight excluding hydrogens is 374 g/mol. The van der Waals surface area contributed by atoms with Crippen molar-refractivity contribution in [2.24, 2.45) is 13.0 Å². The summed E-state index contributed by atoms with van der Waals surface area (Å²) in [7, 11) is 1.85. The standard InChI is InChI=1S/C20H29N5O4/c1-24-12-16(21-14-24)20(26)25-8-3-2-4-17(25)19-22-18(23-29-19)7-11-28-13-15-5-9-27-10-6-15/h12,14-15,17H,2-11,13H2,1H3. The van der Waals surface area contributed by atoms with Gasteiger partial charge in [-0.3, -0.25) is 4.79 Å². The van der Waals surface area contributed by atoms with Crippen LogP contribution in [0.15, 0.2) is 17.0 Å². The Bertz CT molecular complexity index is 798. The normalized spacial score (nSPS) is 20.9. The van der Waals surface area contributed by atoms with Crippen LogP contribution in [0.3, 0.4) is 0 Å². The van der Waals surface area contributed by atoms with Crippen molar-refractivity contribution in [1.82, 2.24) is 24.6 Å². The molecule has 1 unspecified atom stereocenters. The van der Waals surface area contributed by atoms with Crippen LogP contribution in [-0.2, 0) is 22.9 Å². The van der Waals surface area contributed by atoms with Gasteiger partial charge in [-0.05, 0) is 38.0 Å². The molecule has 2 aromatic rings. The first-order valence-electron chi connectivity index (χ1n) is 10.5. The SMILES string of the molecule is Cn1cnc(C(=O)N2CCCCC2c2nc(CCOCC3CCOCC3)no2)c1. The number of carbonyl (C=O) groups excluding carboxylic acids is 1. The van der Waals surface area contributed by atoms with Crippen molar-refractivity contribution in [2.45, 2.75) is 44.6 Å². The Morgan fingerprint density at radius 3 is 2.93 bits per heavy atom. The number of hydrogen-bond acceptors (Lipinski definition) is 7. The highest BCUT2D eigenvalue weighted by molar-refractivity contribution is 5.92. The Labute approximate surface area is 170 Å². The topological polar surface area (TPSA) is 95.5 Å². The van der Waals surface area contributed by atoms with Gasteiger partial charge in [-0.1, -0.05) is 5.16 Å². The fraction of sp³-hybridized carbons (Fsp3) is 0.700. The monoisotopic (exact) mass is 403 g/mol. The molecule has 0 saturated carbocycles. The maximum atomic E-state index is 12.9. The van der Waals surface area contributed by atoms with E-state index in [0.717, 1.165) is 51.9 Å². The molecule has 0 radical (unpaired) electrons. The second-order valence-corrected chi connectivity index (χ2v) is 7.86. The molecule has 2 aliphatic rings. The van der Waals surface area contributed by atoms with Crippen LogP contribution in [0.4, 0.5) is 0 Å². The maximum Gasteiger partial charge on any atom is 0.274 e. The van der Waals surface area contributed by atoms with Crippen LogP contribution in [0, 0.1) is 5.92 Å². The predicted molar refractivity (Wildman–Crippen MR) is 103 cm³/mol. The largest absolute Gasteiger partial charge is 0.381 e. The molecule has 2 saturated heterocycles. The fourth-order valence-electron chi connectivity index (χ4n) is 3.93. The van der Waals surface area contributed by atoms with Crippen molar-refractivity contribution in [3.63, 3.8) is 0 Å². The molecule has 9 nitrogen and oxygen atoms in total. The Morgan fingerprint density at radius 2 is 2.14 bits per heavy atom. The van der Waals surface area contributed by atoms with Crippen LogP contribution < -0.4 is 0 Å². The number of carbonyl (C=O) groups is 1. The fourth-order valence-corrected chi connectivity index (χ4v) is 3.93. The summed E-state index contributed by atoms with van der Waals surface area (Å²) >= 11 is 0. The van der Waals surface area contributed by atoms with Gasteiger partial charge < -0.3 is 23.5 Å². The highest BCUT2D eigenvalue weighted by atomic mass is 16.5. The van der Waals surface area contributed by atoms with E-state index >= 15 is 0 Å². The Hall–Kier alpha value is -2.26. The van der Waals surface area contributed by atoms with Crippen molar-refractivity contribution in [2.75, 3.05) is 33.0 Å². The number of imidazole rings is 1. The maximum absolute atomic E-state index is 12.9. The minimum atomic E-state index is -0.192.